The highest BCUT2D eigenvalue weighted by atomic mass is 16.5. The van der Waals surface area contributed by atoms with E-state index in [2.05, 4.69) is 15.3 Å². The topological polar surface area (TPSA) is 93.4 Å². The molecule has 0 bridgehead atoms. The molecule has 7 nitrogen and oxygen atoms in total. The van der Waals surface area contributed by atoms with Crippen LogP contribution in [0.25, 0.3) is 0 Å². The summed E-state index contributed by atoms with van der Waals surface area (Å²) in [6, 6.07) is 1.59. The summed E-state index contributed by atoms with van der Waals surface area (Å²) in [4.78, 5) is 21.3. The number of nitrogens with zero attached hydrogens (tertiary/aromatic N) is 3. The summed E-state index contributed by atoms with van der Waals surface area (Å²) in [6.07, 6.45) is 0. The number of likely N-dealkylation sites (N-methyl/N-ethyl adjacent to an activating group) is 1. The van der Waals surface area contributed by atoms with E-state index in [4.69, 9.17) is 10.5 Å². The Morgan fingerprint density at radius 1 is 1.44 bits per heavy atom. The summed E-state index contributed by atoms with van der Waals surface area (Å²) in [7, 11) is 1.49. The van der Waals surface area contributed by atoms with E-state index in [1.807, 2.05) is 13.8 Å². The molecule has 0 aliphatic heterocycles. The van der Waals surface area contributed by atoms with Gasteiger partial charge in [0.15, 0.2) is 0 Å². The molecule has 0 spiro atoms. The van der Waals surface area contributed by atoms with Crippen molar-refractivity contribution in [3.8, 4) is 5.88 Å². The maximum atomic E-state index is 11.8. The molecule has 1 amide bonds. The molecule has 0 unspecified atom stereocenters. The van der Waals surface area contributed by atoms with Gasteiger partial charge in [-0.25, -0.2) is 0 Å². The van der Waals surface area contributed by atoms with E-state index in [1.54, 1.807) is 11.0 Å². The van der Waals surface area contributed by atoms with Gasteiger partial charge in [0.05, 0.1) is 13.7 Å². The molecule has 0 aliphatic rings. The van der Waals surface area contributed by atoms with Crippen LogP contribution >= 0.6 is 0 Å². The first-order valence-corrected chi connectivity index (χ1v) is 5.80. The summed E-state index contributed by atoms with van der Waals surface area (Å²) in [5.74, 6) is 0.948. The van der Waals surface area contributed by atoms with E-state index in [9.17, 15) is 4.79 Å². The largest absolute Gasteiger partial charge is 0.481 e. The first kappa shape index (κ1) is 14.0. The second-order valence-electron chi connectivity index (χ2n) is 3.57. The lowest BCUT2D eigenvalue weighted by atomic mass is 10.4. The van der Waals surface area contributed by atoms with Gasteiger partial charge in [-0.15, -0.1) is 0 Å². The third-order valence-electron chi connectivity index (χ3n) is 2.47. The molecule has 0 fully saturated rings. The lowest BCUT2D eigenvalue weighted by molar-refractivity contribution is -0.128. The average molecular weight is 253 g/mol. The minimum atomic E-state index is 0.0103. The van der Waals surface area contributed by atoms with Gasteiger partial charge in [0.1, 0.15) is 5.82 Å². The van der Waals surface area contributed by atoms with Crippen LogP contribution in [-0.2, 0) is 4.79 Å². The molecular formula is C11H19N5O2. The van der Waals surface area contributed by atoms with Gasteiger partial charge in [-0.1, -0.05) is 0 Å². The van der Waals surface area contributed by atoms with Crippen molar-refractivity contribution in [1.29, 1.82) is 0 Å². The van der Waals surface area contributed by atoms with Crippen molar-refractivity contribution in [1.82, 2.24) is 14.9 Å². The molecule has 18 heavy (non-hydrogen) atoms. The normalized spacial score (nSPS) is 9.94. The van der Waals surface area contributed by atoms with Crippen molar-refractivity contribution in [3.05, 3.63) is 6.07 Å². The van der Waals surface area contributed by atoms with Crippen molar-refractivity contribution >= 4 is 17.7 Å². The fourth-order valence-corrected chi connectivity index (χ4v) is 1.49. The Morgan fingerprint density at radius 3 is 2.67 bits per heavy atom. The van der Waals surface area contributed by atoms with Crippen molar-refractivity contribution in [3.63, 3.8) is 0 Å². The number of hydrogen-bond acceptors (Lipinski definition) is 6. The number of amides is 1. The number of aromatic nitrogens is 2. The smallest absolute Gasteiger partial charge is 0.241 e. The highest BCUT2D eigenvalue weighted by Gasteiger charge is 2.10. The maximum Gasteiger partial charge on any atom is 0.241 e. The number of carbonyl (C=O) groups excluding carboxylic acids is 1. The van der Waals surface area contributed by atoms with E-state index in [-0.39, 0.29) is 18.4 Å². The zero-order valence-corrected chi connectivity index (χ0v) is 10.9. The van der Waals surface area contributed by atoms with Crippen LogP contribution in [0.5, 0.6) is 5.88 Å². The van der Waals surface area contributed by atoms with Gasteiger partial charge in [0.25, 0.3) is 0 Å². The van der Waals surface area contributed by atoms with E-state index in [0.717, 1.165) is 0 Å². The van der Waals surface area contributed by atoms with Crippen LogP contribution in [0.3, 0.4) is 0 Å². The zero-order chi connectivity index (χ0) is 13.5. The molecule has 1 rings (SSSR count). The molecule has 0 saturated carbocycles. The number of methoxy groups -OCH3 is 1. The van der Waals surface area contributed by atoms with Crippen molar-refractivity contribution in [2.75, 3.05) is 37.8 Å². The predicted octanol–water partition coefficient (Wildman–Crippen LogP) is 0.348. The highest BCUT2D eigenvalue weighted by Crippen LogP contribution is 2.13. The standard InChI is InChI=1S/C11H19N5O2/c1-4-16(5-2)10(17)7-13-8-6-9(18-3)15-11(12)14-8/h6H,4-5,7H2,1-3H3,(H3,12,13,14,15). The molecule has 100 valence electrons. The number of hydrogen-bond donors (Lipinski definition) is 2. The van der Waals surface area contributed by atoms with Gasteiger partial charge >= 0.3 is 0 Å². The summed E-state index contributed by atoms with van der Waals surface area (Å²) >= 11 is 0. The number of ether oxygens (including phenoxy) is 1. The fourth-order valence-electron chi connectivity index (χ4n) is 1.49. The SMILES string of the molecule is CCN(CC)C(=O)CNc1cc(OC)nc(N)n1. The van der Waals surface area contributed by atoms with Gasteiger partial charge in [-0.05, 0) is 13.8 Å². The van der Waals surface area contributed by atoms with Crippen LogP contribution in [0.2, 0.25) is 0 Å². The molecule has 0 atom stereocenters. The second-order valence-corrected chi connectivity index (χ2v) is 3.57. The fraction of sp³-hybridized carbons (Fsp3) is 0.545. The summed E-state index contributed by atoms with van der Waals surface area (Å²) in [6.45, 7) is 5.42. The van der Waals surface area contributed by atoms with Crippen LogP contribution in [0.15, 0.2) is 6.07 Å². The number of rotatable bonds is 6. The van der Waals surface area contributed by atoms with E-state index < -0.39 is 0 Å². The Labute approximate surface area is 106 Å². The zero-order valence-electron chi connectivity index (χ0n) is 10.9. The summed E-state index contributed by atoms with van der Waals surface area (Å²) < 4.78 is 4.97. The molecule has 1 aromatic heterocycles. The highest BCUT2D eigenvalue weighted by molar-refractivity contribution is 5.80. The van der Waals surface area contributed by atoms with Crippen LogP contribution < -0.4 is 15.8 Å². The molecule has 0 aliphatic carbocycles. The number of carbonyl (C=O) groups is 1. The minimum Gasteiger partial charge on any atom is -0.481 e. The Hall–Kier alpha value is -2.05. The molecule has 0 saturated heterocycles. The lowest BCUT2D eigenvalue weighted by Gasteiger charge is -2.18. The van der Waals surface area contributed by atoms with Crippen LogP contribution in [0.1, 0.15) is 13.8 Å². The minimum absolute atomic E-state index is 0.0103. The number of nitrogen functional groups attached to an aromatic ring is 1. The van der Waals surface area contributed by atoms with Crippen molar-refractivity contribution < 1.29 is 9.53 Å². The summed E-state index contributed by atoms with van der Waals surface area (Å²) in [5.41, 5.74) is 5.52. The van der Waals surface area contributed by atoms with Gasteiger partial charge in [-0.3, -0.25) is 4.79 Å². The van der Waals surface area contributed by atoms with E-state index in [1.165, 1.54) is 7.11 Å². The summed E-state index contributed by atoms with van der Waals surface area (Å²) in [5, 5.41) is 2.91. The third kappa shape index (κ3) is 3.76. The van der Waals surface area contributed by atoms with Crippen molar-refractivity contribution in [2.45, 2.75) is 13.8 Å². The lowest BCUT2D eigenvalue weighted by Crippen LogP contribution is -2.35. The first-order valence-electron chi connectivity index (χ1n) is 5.80. The van der Waals surface area contributed by atoms with E-state index >= 15 is 0 Å². The van der Waals surface area contributed by atoms with Crippen molar-refractivity contribution in [2.24, 2.45) is 0 Å². The second kappa shape index (κ2) is 6.63. The molecule has 0 radical (unpaired) electrons. The Bertz CT molecular complexity index is 406. The first-order chi connectivity index (χ1) is 8.60. The molecular weight excluding hydrogens is 234 g/mol. The predicted molar refractivity (Wildman–Crippen MR) is 69.4 cm³/mol. The molecule has 1 aromatic rings. The van der Waals surface area contributed by atoms with Crippen LogP contribution in [0, 0.1) is 0 Å². The maximum absolute atomic E-state index is 11.8. The Kier molecular flexibility index (Phi) is 5.16. The van der Waals surface area contributed by atoms with Gasteiger partial charge in [0, 0.05) is 19.2 Å². The Morgan fingerprint density at radius 2 is 2.11 bits per heavy atom. The molecule has 1 heterocycles. The van der Waals surface area contributed by atoms with Gasteiger partial charge < -0.3 is 20.7 Å². The van der Waals surface area contributed by atoms with Gasteiger partial charge in [0.2, 0.25) is 17.7 Å². The Balaban J connectivity index is 2.63. The van der Waals surface area contributed by atoms with Gasteiger partial charge in [-0.2, -0.15) is 9.97 Å². The van der Waals surface area contributed by atoms with Crippen LogP contribution in [0.4, 0.5) is 11.8 Å². The monoisotopic (exact) mass is 253 g/mol. The van der Waals surface area contributed by atoms with Crippen LogP contribution in [-0.4, -0.2) is 47.5 Å². The number of anilines is 2. The quantitative estimate of drug-likeness (QED) is 0.759. The number of nitrogens with one attached hydrogen (secondary N) is 1. The third-order valence-corrected chi connectivity index (χ3v) is 2.47. The van der Waals surface area contributed by atoms with E-state index in [0.29, 0.717) is 24.8 Å². The average Bonchev–Trinajstić information content (AvgIpc) is 2.37. The molecule has 7 heteroatoms. The molecule has 0 aromatic carbocycles. The molecule has 3 N–H and O–H groups in total. The number of nitrogens with two attached hydrogens (primary N) is 1.